The number of hydrogen-bond donors (Lipinski definition) is 0. The van der Waals surface area contributed by atoms with Gasteiger partial charge in [0.2, 0.25) is 0 Å². The molecule has 0 aliphatic heterocycles. The minimum absolute atomic E-state index is 1.11. The second-order valence-corrected chi connectivity index (χ2v) is 4.92. The summed E-state index contributed by atoms with van der Waals surface area (Å²) in [6.45, 7) is 2.26. The van der Waals surface area contributed by atoms with Crippen molar-refractivity contribution in [3.05, 3.63) is 64.3 Å². The van der Waals surface area contributed by atoms with E-state index in [-0.39, 0.29) is 0 Å². The Kier molecular flexibility index (Phi) is 2.72. The summed E-state index contributed by atoms with van der Waals surface area (Å²) < 4.78 is 0. The zero-order valence-electron chi connectivity index (χ0n) is 10.4. The van der Waals surface area contributed by atoms with Crippen molar-refractivity contribution in [3.63, 3.8) is 0 Å². The Balaban J connectivity index is 1.93. The molecule has 2 aliphatic rings. The molecule has 0 saturated carbocycles. The van der Waals surface area contributed by atoms with Crippen LogP contribution in [0.1, 0.15) is 37.3 Å². The van der Waals surface area contributed by atoms with Crippen LogP contribution in [-0.2, 0) is 6.42 Å². The predicted octanol–water partition coefficient (Wildman–Crippen LogP) is 4.68. The third-order valence-corrected chi connectivity index (χ3v) is 3.69. The topological polar surface area (TPSA) is 0 Å². The van der Waals surface area contributed by atoms with E-state index in [1.165, 1.54) is 35.1 Å². The zero-order chi connectivity index (χ0) is 11.7. The molecule has 1 aromatic rings. The minimum Gasteiger partial charge on any atom is -0.0798 e. The molecule has 1 aromatic carbocycles. The summed E-state index contributed by atoms with van der Waals surface area (Å²) in [4.78, 5) is 0. The van der Waals surface area contributed by atoms with E-state index >= 15 is 0 Å². The van der Waals surface area contributed by atoms with Crippen molar-refractivity contribution in [2.75, 3.05) is 0 Å². The van der Waals surface area contributed by atoms with Crippen LogP contribution in [0, 0.1) is 0 Å². The molecule has 0 fully saturated rings. The molecule has 3 rings (SSSR count). The molecule has 0 aromatic heterocycles. The van der Waals surface area contributed by atoms with Crippen molar-refractivity contribution in [1.82, 2.24) is 0 Å². The Bertz CT molecular complexity index is 527. The fourth-order valence-electron chi connectivity index (χ4n) is 2.87. The average molecular weight is 222 g/mol. The van der Waals surface area contributed by atoms with Gasteiger partial charge in [-0.2, -0.15) is 0 Å². The van der Waals surface area contributed by atoms with Crippen molar-refractivity contribution >= 4 is 6.08 Å². The van der Waals surface area contributed by atoms with Gasteiger partial charge in [-0.1, -0.05) is 61.4 Å². The monoisotopic (exact) mass is 222 g/mol. The lowest BCUT2D eigenvalue weighted by atomic mass is 9.98. The maximum atomic E-state index is 2.37. The lowest BCUT2D eigenvalue weighted by Crippen LogP contribution is -1.90. The quantitative estimate of drug-likeness (QED) is 0.696. The average Bonchev–Trinajstić information content (AvgIpc) is 2.94. The first-order valence-electron chi connectivity index (χ1n) is 6.56. The van der Waals surface area contributed by atoms with Crippen LogP contribution in [0.25, 0.3) is 6.08 Å². The highest BCUT2D eigenvalue weighted by Crippen LogP contribution is 2.35. The van der Waals surface area contributed by atoms with Crippen molar-refractivity contribution in [2.24, 2.45) is 0 Å². The van der Waals surface area contributed by atoms with E-state index in [1.807, 2.05) is 0 Å². The Hall–Kier alpha value is -1.56. The number of rotatable bonds is 3. The van der Waals surface area contributed by atoms with Crippen LogP contribution in [0.2, 0.25) is 0 Å². The van der Waals surface area contributed by atoms with Crippen molar-refractivity contribution in [2.45, 2.75) is 32.6 Å². The summed E-state index contributed by atoms with van der Waals surface area (Å²) in [6, 6.07) is 8.74. The Morgan fingerprint density at radius 2 is 2.06 bits per heavy atom. The first kappa shape index (κ1) is 10.6. The molecular formula is C17H18. The lowest BCUT2D eigenvalue weighted by Gasteiger charge is -2.07. The van der Waals surface area contributed by atoms with Crippen LogP contribution in [0.15, 0.2) is 53.1 Å². The maximum Gasteiger partial charge on any atom is -0.00137 e. The van der Waals surface area contributed by atoms with Gasteiger partial charge in [0.05, 0.1) is 0 Å². The van der Waals surface area contributed by atoms with Crippen LogP contribution in [0.3, 0.4) is 0 Å². The van der Waals surface area contributed by atoms with Gasteiger partial charge >= 0.3 is 0 Å². The maximum absolute atomic E-state index is 2.37. The molecule has 0 amide bonds. The standard InChI is InChI=1S/C17H18/c1-2-6-13-9-5-10-17(13)16-11-14-7-3-4-8-15(14)12-16/h3-5,7-8,10-11H,2,6,9,12H2,1H3. The molecule has 0 heteroatoms. The van der Waals surface area contributed by atoms with E-state index in [2.05, 4.69) is 49.4 Å². The van der Waals surface area contributed by atoms with Gasteiger partial charge in [0.15, 0.2) is 0 Å². The van der Waals surface area contributed by atoms with Crippen LogP contribution >= 0.6 is 0 Å². The van der Waals surface area contributed by atoms with Gasteiger partial charge in [0, 0.05) is 0 Å². The van der Waals surface area contributed by atoms with Gasteiger partial charge < -0.3 is 0 Å². The van der Waals surface area contributed by atoms with Gasteiger partial charge in [-0.3, -0.25) is 0 Å². The van der Waals surface area contributed by atoms with Crippen LogP contribution in [0.5, 0.6) is 0 Å². The second kappa shape index (κ2) is 4.37. The Morgan fingerprint density at radius 1 is 1.18 bits per heavy atom. The SMILES string of the molecule is CCCC1=C(C2=Cc3ccccc3C2)C=CC1. The molecule has 0 saturated heterocycles. The minimum atomic E-state index is 1.11. The van der Waals surface area contributed by atoms with Crippen LogP contribution in [-0.4, -0.2) is 0 Å². The third kappa shape index (κ3) is 1.88. The molecule has 0 atom stereocenters. The first-order valence-corrected chi connectivity index (χ1v) is 6.56. The van der Waals surface area contributed by atoms with Gasteiger partial charge in [-0.25, -0.2) is 0 Å². The van der Waals surface area contributed by atoms with Crippen molar-refractivity contribution < 1.29 is 0 Å². The Morgan fingerprint density at radius 3 is 2.88 bits per heavy atom. The zero-order valence-corrected chi connectivity index (χ0v) is 10.4. The van der Waals surface area contributed by atoms with Gasteiger partial charge in [0.1, 0.15) is 0 Å². The normalized spacial score (nSPS) is 17.6. The fourth-order valence-corrected chi connectivity index (χ4v) is 2.87. The van der Waals surface area contributed by atoms with Crippen LogP contribution < -0.4 is 0 Å². The molecule has 0 spiro atoms. The number of allylic oxidation sites excluding steroid dienone is 5. The summed E-state index contributed by atoms with van der Waals surface area (Å²) in [5, 5.41) is 0. The fraction of sp³-hybridized carbons (Fsp3) is 0.294. The molecular weight excluding hydrogens is 204 g/mol. The summed E-state index contributed by atoms with van der Waals surface area (Å²) >= 11 is 0. The van der Waals surface area contributed by atoms with Gasteiger partial charge in [0.25, 0.3) is 0 Å². The van der Waals surface area contributed by atoms with E-state index in [9.17, 15) is 0 Å². The van der Waals surface area contributed by atoms with Crippen LogP contribution in [0.4, 0.5) is 0 Å². The van der Waals surface area contributed by atoms with Crippen molar-refractivity contribution in [1.29, 1.82) is 0 Å². The third-order valence-electron chi connectivity index (χ3n) is 3.69. The van der Waals surface area contributed by atoms with Gasteiger partial charge in [-0.15, -0.1) is 0 Å². The summed E-state index contributed by atoms with van der Waals surface area (Å²) in [5.41, 5.74) is 7.55. The molecule has 0 N–H and O–H groups in total. The molecule has 0 nitrogen and oxygen atoms in total. The molecule has 0 unspecified atom stereocenters. The van der Waals surface area contributed by atoms with E-state index in [4.69, 9.17) is 0 Å². The first-order chi connectivity index (χ1) is 8.38. The highest BCUT2D eigenvalue weighted by atomic mass is 14.2. The Labute approximate surface area is 103 Å². The summed E-state index contributed by atoms with van der Waals surface area (Å²) in [5.74, 6) is 0. The summed E-state index contributed by atoms with van der Waals surface area (Å²) in [7, 11) is 0. The molecule has 2 aliphatic carbocycles. The van der Waals surface area contributed by atoms with Crippen molar-refractivity contribution in [3.8, 4) is 0 Å². The second-order valence-electron chi connectivity index (χ2n) is 4.92. The highest BCUT2D eigenvalue weighted by molar-refractivity contribution is 5.71. The molecule has 86 valence electrons. The van der Waals surface area contributed by atoms with Gasteiger partial charge in [-0.05, 0) is 41.5 Å². The lowest BCUT2D eigenvalue weighted by molar-refractivity contribution is 0.879. The smallest absolute Gasteiger partial charge is 0.00137 e. The largest absolute Gasteiger partial charge is 0.0798 e. The number of benzene rings is 1. The number of hydrogen-bond acceptors (Lipinski definition) is 0. The molecule has 0 bridgehead atoms. The van der Waals surface area contributed by atoms with E-state index in [0.29, 0.717) is 0 Å². The van der Waals surface area contributed by atoms with E-state index < -0.39 is 0 Å². The number of fused-ring (bicyclic) bond motifs is 1. The van der Waals surface area contributed by atoms with E-state index in [1.54, 1.807) is 5.57 Å². The predicted molar refractivity (Wildman–Crippen MR) is 73.8 cm³/mol. The van der Waals surface area contributed by atoms with E-state index in [0.717, 1.165) is 12.8 Å². The summed E-state index contributed by atoms with van der Waals surface area (Å²) in [6.07, 6.45) is 11.8. The molecule has 17 heavy (non-hydrogen) atoms. The highest BCUT2D eigenvalue weighted by Gasteiger charge is 2.18. The molecule has 0 heterocycles. The molecule has 0 radical (unpaired) electrons.